The molecule has 1 spiro atoms. The lowest BCUT2D eigenvalue weighted by Gasteiger charge is -2.31. The smallest absolute Gasteiger partial charge is 0.255 e. The Hall–Kier alpha value is -2.84. The molecular weight excluding hydrogens is 549 g/mol. The van der Waals surface area contributed by atoms with Gasteiger partial charge in [0.1, 0.15) is 6.04 Å². The fourth-order valence-electron chi connectivity index (χ4n) is 5.93. The van der Waals surface area contributed by atoms with Gasteiger partial charge in [0.25, 0.3) is 5.91 Å². The van der Waals surface area contributed by atoms with E-state index in [9.17, 15) is 14.4 Å². The second kappa shape index (κ2) is 12.4. The highest BCUT2D eigenvalue weighted by Gasteiger charge is 2.53. The van der Waals surface area contributed by atoms with Crippen molar-refractivity contribution in [2.75, 3.05) is 32.0 Å². The largest absolute Gasteiger partial charge is 0.384 e. The number of fused-ring (bicyclic) bond motifs is 3. The first-order valence-corrected chi connectivity index (χ1v) is 15.0. The molecule has 8 nitrogen and oxygen atoms in total. The summed E-state index contributed by atoms with van der Waals surface area (Å²) in [5, 5.41) is 7.40. The van der Waals surface area contributed by atoms with Gasteiger partial charge in [-0.2, -0.15) is 0 Å². The maximum absolute atomic E-state index is 13.7. The van der Waals surface area contributed by atoms with Crippen LogP contribution in [0.25, 0.3) is 0 Å². The zero-order valence-corrected chi connectivity index (χ0v) is 24.4. The molecule has 3 amide bonds. The van der Waals surface area contributed by atoms with Gasteiger partial charge in [-0.05, 0) is 61.3 Å². The number of nitrogens with zero attached hydrogens (tertiary/aromatic N) is 3. The Morgan fingerprint density at radius 3 is 2.48 bits per heavy atom. The molecule has 2 bridgehead atoms. The van der Waals surface area contributed by atoms with Crippen LogP contribution in [0.15, 0.2) is 36.7 Å². The van der Waals surface area contributed by atoms with Crippen LogP contribution < -0.4 is 10.6 Å². The summed E-state index contributed by atoms with van der Waals surface area (Å²) in [5.74, 6) is -0.473. The first kappa shape index (κ1) is 28.7. The van der Waals surface area contributed by atoms with Gasteiger partial charge >= 0.3 is 0 Å². The van der Waals surface area contributed by atoms with Crippen LogP contribution in [0.5, 0.6) is 0 Å². The number of halogens is 2. The molecule has 0 radical (unpaired) electrons. The normalized spacial score (nSPS) is 24.0. The Morgan fingerprint density at radius 2 is 1.75 bits per heavy atom. The average molecular weight is 587 g/mol. The molecule has 2 unspecified atom stereocenters. The maximum atomic E-state index is 13.7. The molecule has 1 saturated carbocycles. The highest BCUT2D eigenvalue weighted by Crippen LogP contribution is 2.55. The van der Waals surface area contributed by atoms with E-state index in [1.54, 1.807) is 37.6 Å². The molecule has 214 valence electrons. The number of hydrogen-bond acceptors (Lipinski definition) is 5. The summed E-state index contributed by atoms with van der Waals surface area (Å²) >= 11 is 12.5. The van der Waals surface area contributed by atoms with Gasteiger partial charge in [0, 0.05) is 68.0 Å². The number of carbonyl (C=O) groups is 3. The van der Waals surface area contributed by atoms with Gasteiger partial charge in [-0.25, -0.2) is 0 Å². The Morgan fingerprint density at radius 1 is 1.00 bits per heavy atom. The lowest BCUT2D eigenvalue weighted by atomic mass is 9.99. The summed E-state index contributed by atoms with van der Waals surface area (Å²) in [6.07, 6.45) is 10.5. The third-order valence-corrected chi connectivity index (χ3v) is 9.14. The van der Waals surface area contributed by atoms with Crippen molar-refractivity contribution in [2.24, 2.45) is 5.41 Å². The van der Waals surface area contributed by atoms with Crippen LogP contribution in [0, 0.1) is 5.41 Å². The summed E-state index contributed by atoms with van der Waals surface area (Å²) < 4.78 is 0. The van der Waals surface area contributed by atoms with E-state index in [2.05, 4.69) is 15.6 Å². The minimum atomic E-state index is -0.737. The topological polar surface area (TPSA) is 94.6 Å². The van der Waals surface area contributed by atoms with E-state index in [0.29, 0.717) is 28.7 Å². The quantitative estimate of drug-likeness (QED) is 0.520. The van der Waals surface area contributed by atoms with Crippen LogP contribution in [0.2, 0.25) is 10.0 Å². The van der Waals surface area contributed by atoms with E-state index in [1.165, 1.54) is 4.90 Å². The molecule has 1 aromatic carbocycles. The number of carbonyl (C=O) groups excluding carboxylic acids is 3. The monoisotopic (exact) mass is 585 g/mol. The zero-order valence-electron chi connectivity index (χ0n) is 22.9. The molecule has 2 N–H and O–H groups in total. The Labute approximate surface area is 245 Å². The van der Waals surface area contributed by atoms with E-state index in [1.807, 2.05) is 11.0 Å². The third-order valence-electron chi connectivity index (χ3n) is 8.55. The van der Waals surface area contributed by atoms with Crippen molar-refractivity contribution in [1.82, 2.24) is 20.1 Å². The van der Waals surface area contributed by atoms with Crippen molar-refractivity contribution in [1.29, 1.82) is 0 Å². The minimum absolute atomic E-state index is 0.0967. The average Bonchev–Trinajstić information content (AvgIpc) is 3.60. The fraction of sp³-hybridized carbons (Fsp3) is 0.533. The standard InChI is InChI=1S/C30H37Cl2N5O3/c1-36-26(13-20-6-7-22(31)14-25(20)32)28(39)35-11-5-3-2-4-10-34-23-12-21(17-33-18-23)29(40)37-19-30(8-9-30)16-24(37)15-27(36)38/h6-7,12,14,17-18,24,26,34H,2-5,8-11,13,15-16,19H2,1H3,(H,35,39). The van der Waals surface area contributed by atoms with E-state index in [-0.39, 0.29) is 42.0 Å². The van der Waals surface area contributed by atoms with Gasteiger partial charge in [0.15, 0.2) is 0 Å². The SMILES string of the molecule is CN1C(=O)CC2CC3(CC3)CN2C(=O)c2cncc(c2)NCCCCCCNC(=O)C1Cc1ccc(Cl)cc1Cl. The lowest BCUT2D eigenvalue weighted by molar-refractivity contribution is -0.139. The maximum Gasteiger partial charge on any atom is 0.255 e. The first-order valence-electron chi connectivity index (χ1n) is 14.2. The molecule has 3 heterocycles. The van der Waals surface area contributed by atoms with Crippen LogP contribution in [0.4, 0.5) is 5.69 Å². The fourth-order valence-corrected chi connectivity index (χ4v) is 6.42. The molecule has 40 heavy (non-hydrogen) atoms. The summed E-state index contributed by atoms with van der Waals surface area (Å²) in [6.45, 7) is 1.97. The van der Waals surface area contributed by atoms with E-state index >= 15 is 0 Å². The lowest BCUT2D eigenvalue weighted by Crippen LogP contribution is -2.50. The number of nitrogens with one attached hydrogen (secondary N) is 2. The van der Waals surface area contributed by atoms with Crippen LogP contribution in [0.1, 0.15) is 67.3 Å². The van der Waals surface area contributed by atoms with Crippen LogP contribution in [0.3, 0.4) is 0 Å². The molecule has 2 atom stereocenters. The molecule has 10 heteroatoms. The molecule has 1 aliphatic carbocycles. The van der Waals surface area contributed by atoms with Crippen molar-refractivity contribution in [3.05, 3.63) is 57.8 Å². The molecule has 2 fully saturated rings. The highest BCUT2D eigenvalue weighted by atomic mass is 35.5. The minimum Gasteiger partial charge on any atom is -0.384 e. The summed E-state index contributed by atoms with van der Waals surface area (Å²) in [5.41, 5.74) is 2.21. The van der Waals surface area contributed by atoms with E-state index in [4.69, 9.17) is 23.2 Å². The number of amides is 3. The van der Waals surface area contributed by atoms with Crippen molar-refractivity contribution < 1.29 is 14.4 Å². The van der Waals surface area contributed by atoms with Gasteiger partial charge in [0.2, 0.25) is 11.8 Å². The molecule has 3 aliphatic rings. The Bertz CT molecular complexity index is 1270. The predicted octanol–water partition coefficient (Wildman–Crippen LogP) is 4.95. The van der Waals surface area contributed by atoms with Crippen molar-refractivity contribution in [3.8, 4) is 0 Å². The van der Waals surface area contributed by atoms with Gasteiger partial charge < -0.3 is 20.4 Å². The second-order valence-electron chi connectivity index (χ2n) is 11.5. The van der Waals surface area contributed by atoms with Crippen LogP contribution >= 0.6 is 23.2 Å². The predicted molar refractivity (Wildman–Crippen MR) is 157 cm³/mol. The number of rotatable bonds is 2. The Balaban J connectivity index is 1.40. The van der Waals surface area contributed by atoms with Gasteiger partial charge in [-0.3, -0.25) is 19.4 Å². The number of aromatic nitrogens is 1. The van der Waals surface area contributed by atoms with Gasteiger partial charge in [0.05, 0.1) is 11.3 Å². The number of likely N-dealkylation sites (N-methyl/N-ethyl adjacent to an activating group) is 1. The first-order chi connectivity index (χ1) is 19.2. The summed E-state index contributed by atoms with van der Waals surface area (Å²) in [4.78, 5) is 48.6. The second-order valence-corrected chi connectivity index (χ2v) is 12.4. The number of pyridine rings is 1. The molecule has 1 saturated heterocycles. The third kappa shape index (κ3) is 6.72. The number of benzene rings is 1. The van der Waals surface area contributed by atoms with Crippen LogP contribution in [-0.4, -0.2) is 71.3 Å². The van der Waals surface area contributed by atoms with E-state index in [0.717, 1.165) is 62.7 Å². The highest BCUT2D eigenvalue weighted by molar-refractivity contribution is 6.35. The van der Waals surface area contributed by atoms with Crippen molar-refractivity contribution in [3.63, 3.8) is 0 Å². The zero-order chi connectivity index (χ0) is 28.3. The van der Waals surface area contributed by atoms with Crippen LogP contribution in [-0.2, 0) is 16.0 Å². The Kier molecular flexibility index (Phi) is 8.86. The van der Waals surface area contributed by atoms with Gasteiger partial charge in [-0.1, -0.05) is 42.1 Å². The van der Waals surface area contributed by atoms with Crippen molar-refractivity contribution in [2.45, 2.75) is 69.9 Å². The molecular formula is C30H37Cl2N5O3. The molecule has 5 rings (SSSR count). The molecule has 2 aliphatic heterocycles. The number of anilines is 1. The van der Waals surface area contributed by atoms with E-state index < -0.39 is 6.04 Å². The molecule has 2 aromatic rings. The molecule has 1 aromatic heterocycles. The summed E-state index contributed by atoms with van der Waals surface area (Å²) in [6, 6.07) is 6.08. The summed E-state index contributed by atoms with van der Waals surface area (Å²) in [7, 11) is 1.67. The van der Waals surface area contributed by atoms with Crippen molar-refractivity contribution >= 4 is 46.6 Å². The number of hydrogen-bond donors (Lipinski definition) is 2. The van der Waals surface area contributed by atoms with Gasteiger partial charge in [-0.15, -0.1) is 0 Å².